The molecule has 0 amide bonds. The maximum Gasteiger partial charge on any atom is 0.250 e. The number of rotatable bonds is 4. The van der Waals surface area contributed by atoms with Gasteiger partial charge in [0, 0.05) is 63.3 Å². The van der Waals surface area contributed by atoms with E-state index in [1.165, 1.54) is 0 Å². The summed E-state index contributed by atoms with van der Waals surface area (Å²) >= 11 is 0. The van der Waals surface area contributed by atoms with E-state index in [0.29, 0.717) is 17.8 Å². The third-order valence-corrected chi connectivity index (χ3v) is 5.83. The van der Waals surface area contributed by atoms with Gasteiger partial charge in [0.2, 0.25) is 5.56 Å². The molecule has 0 aliphatic carbocycles. The van der Waals surface area contributed by atoms with Crippen LogP contribution in [0.4, 0.5) is 5.82 Å². The van der Waals surface area contributed by atoms with E-state index in [9.17, 15) is 4.79 Å². The van der Waals surface area contributed by atoms with Crippen molar-refractivity contribution in [2.45, 2.75) is 26.3 Å². The summed E-state index contributed by atoms with van der Waals surface area (Å²) in [4.78, 5) is 25.6. The van der Waals surface area contributed by atoms with Gasteiger partial charge in [0.1, 0.15) is 12.1 Å². The zero-order chi connectivity index (χ0) is 18.3. The summed E-state index contributed by atoms with van der Waals surface area (Å²) in [6.07, 6.45) is 1.70. The van der Waals surface area contributed by atoms with Crippen LogP contribution in [0.15, 0.2) is 35.4 Å². The molecule has 26 heavy (non-hydrogen) atoms. The molecule has 6 heteroatoms. The maximum atomic E-state index is 11.8. The smallest absolute Gasteiger partial charge is 0.250 e. The predicted molar refractivity (Wildman–Crippen MR) is 102 cm³/mol. The third-order valence-electron chi connectivity index (χ3n) is 5.83. The Labute approximate surface area is 154 Å². The highest BCUT2D eigenvalue weighted by atomic mass is 16.1. The predicted octanol–water partition coefficient (Wildman–Crippen LogP) is 1.87. The second kappa shape index (κ2) is 6.83. The number of likely N-dealkylation sites (tertiary alicyclic amines) is 1. The molecule has 2 fully saturated rings. The van der Waals surface area contributed by atoms with E-state index >= 15 is 0 Å². The minimum Gasteiger partial charge on any atom is -0.356 e. The fraction of sp³-hybridized carbons (Fsp3) is 0.550. The molecule has 0 aromatic carbocycles. The van der Waals surface area contributed by atoms with Crippen LogP contribution in [-0.2, 0) is 13.6 Å². The van der Waals surface area contributed by atoms with Gasteiger partial charge in [0.25, 0.3) is 0 Å². The number of hydrogen-bond acceptors (Lipinski definition) is 5. The molecule has 6 nitrogen and oxygen atoms in total. The van der Waals surface area contributed by atoms with Gasteiger partial charge in [-0.2, -0.15) is 0 Å². The van der Waals surface area contributed by atoms with Crippen LogP contribution in [-0.4, -0.2) is 45.6 Å². The second-order valence-electron chi connectivity index (χ2n) is 7.99. The molecule has 2 aromatic heterocycles. The molecule has 4 heterocycles. The lowest BCUT2D eigenvalue weighted by Gasteiger charge is -2.23. The third kappa shape index (κ3) is 3.26. The quantitative estimate of drug-likeness (QED) is 0.840. The summed E-state index contributed by atoms with van der Waals surface area (Å²) in [6, 6.07) is 7.67. The van der Waals surface area contributed by atoms with Crippen molar-refractivity contribution in [1.82, 2.24) is 19.4 Å². The highest BCUT2D eigenvalue weighted by Crippen LogP contribution is 2.34. The Balaban J connectivity index is 1.40. The molecule has 0 radical (unpaired) electrons. The number of nitrogens with zero attached hydrogens (tertiary/aromatic N) is 5. The average Bonchev–Trinajstić information content (AvgIpc) is 3.17. The summed E-state index contributed by atoms with van der Waals surface area (Å²) in [6.45, 7) is 9.48. The van der Waals surface area contributed by atoms with E-state index in [-0.39, 0.29) is 5.56 Å². The highest BCUT2D eigenvalue weighted by Gasteiger charge is 2.40. The van der Waals surface area contributed by atoms with Crippen molar-refractivity contribution in [3.63, 3.8) is 0 Å². The van der Waals surface area contributed by atoms with Crippen molar-refractivity contribution in [1.29, 1.82) is 0 Å². The van der Waals surface area contributed by atoms with E-state index in [4.69, 9.17) is 0 Å². The number of anilines is 1. The summed E-state index contributed by atoms with van der Waals surface area (Å²) in [7, 11) is 1.86. The van der Waals surface area contributed by atoms with Gasteiger partial charge < -0.3 is 9.47 Å². The van der Waals surface area contributed by atoms with E-state index in [0.717, 1.165) is 49.9 Å². The molecule has 4 rings (SSSR count). The summed E-state index contributed by atoms with van der Waals surface area (Å²) in [5, 5.41) is 0. The first-order chi connectivity index (χ1) is 12.5. The minimum atomic E-state index is 0.0674. The molecule has 2 aliphatic rings. The van der Waals surface area contributed by atoms with Crippen LogP contribution in [0.1, 0.15) is 31.2 Å². The van der Waals surface area contributed by atoms with Crippen molar-refractivity contribution in [3.8, 4) is 0 Å². The molecule has 0 spiro atoms. The Bertz CT molecular complexity index is 832. The minimum absolute atomic E-state index is 0.0674. The first kappa shape index (κ1) is 17.2. The van der Waals surface area contributed by atoms with Crippen molar-refractivity contribution >= 4 is 5.82 Å². The van der Waals surface area contributed by atoms with Crippen LogP contribution in [0.5, 0.6) is 0 Å². The maximum absolute atomic E-state index is 11.8. The summed E-state index contributed by atoms with van der Waals surface area (Å²) in [5.74, 6) is 2.84. The van der Waals surface area contributed by atoms with Gasteiger partial charge in [-0.05, 0) is 23.8 Å². The number of aromatic nitrogens is 3. The van der Waals surface area contributed by atoms with Gasteiger partial charge in [-0.25, -0.2) is 9.97 Å². The van der Waals surface area contributed by atoms with Crippen molar-refractivity contribution in [3.05, 3.63) is 52.3 Å². The highest BCUT2D eigenvalue weighted by molar-refractivity contribution is 5.41. The Morgan fingerprint density at radius 2 is 1.85 bits per heavy atom. The zero-order valence-electron chi connectivity index (χ0n) is 15.8. The molecule has 0 N–H and O–H groups in total. The van der Waals surface area contributed by atoms with E-state index in [2.05, 4.69) is 45.7 Å². The lowest BCUT2D eigenvalue weighted by molar-refractivity contribution is 0.300. The first-order valence-corrected chi connectivity index (χ1v) is 9.45. The first-order valence-electron chi connectivity index (χ1n) is 9.45. The standard InChI is InChI=1S/C20H27N5O/c1-14(2)18-7-19(22-13-21-18)25-10-15-8-24(9-16(15)11-25)12-17-5-4-6-20(26)23(17)3/h4-7,13-16H,8-12H2,1-3H3. The summed E-state index contributed by atoms with van der Waals surface area (Å²) in [5.41, 5.74) is 2.27. The Hall–Kier alpha value is -2.21. The Morgan fingerprint density at radius 3 is 2.54 bits per heavy atom. The molecular weight excluding hydrogens is 326 g/mol. The molecule has 2 unspecified atom stereocenters. The molecule has 138 valence electrons. The number of fused-ring (bicyclic) bond motifs is 1. The molecular formula is C20H27N5O. The monoisotopic (exact) mass is 353 g/mol. The number of hydrogen-bond donors (Lipinski definition) is 0. The van der Waals surface area contributed by atoms with E-state index in [1.54, 1.807) is 17.0 Å². The fourth-order valence-corrected chi connectivity index (χ4v) is 4.25. The molecule has 2 aliphatic heterocycles. The molecule has 2 atom stereocenters. The molecule has 0 bridgehead atoms. The lowest BCUT2D eigenvalue weighted by atomic mass is 10.0. The molecule has 2 aromatic rings. The van der Waals surface area contributed by atoms with Crippen LogP contribution < -0.4 is 10.5 Å². The Morgan fingerprint density at radius 1 is 1.12 bits per heavy atom. The van der Waals surface area contributed by atoms with Gasteiger partial charge in [-0.1, -0.05) is 19.9 Å². The van der Waals surface area contributed by atoms with E-state index in [1.807, 2.05) is 13.1 Å². The van der Waals surface area contributed by atoms with Crippen molar-refractivity contribution < 1.29 is 0 Å². The van der Waals surface area contributed by atoms with Crippen LogP contribution in [0.3, 0.4) is 0 Å². The number of pyridine rings is 1. The van der Waals surface area contributed by atoms with Crippen LogP contribution in [0, 0.1) is 11.8 Å². The van der Waals surface area contributed by atoms with Gasteiger partial charge in [0.05, 0.1) is 0 Å². The van der Waals surface area contributed by atoms with Crippen LogP contribution in [0.25, 0.3) is 0 Å². The Kier molecular flexibility index (Phi) is 4.53. The lowest BCUT2D eigenvalue weighted by Crippen LogP contribution is -2.31. The average molecular weight is 353 g/mol. The fourth-order valence-electron chi connectivity index (χ4n) is 4.25. The second-order valence-corrected chi connectivity index (χ2v) is 7.99. The zero-order valence-corrected chi connectivity index (χ0v) is 15.8. The molecule has 2 saturated heterocycles. The largest absolute Gasteiger partial charge is 0.356 e. The van der Waals surface area contributed by atoms with Gasteiger partial charge in [-0.15, -0.1) is 0 Å². The van der Waals surface area contributed by atoms with Crippen LogP contribution in [0.2, 0.25) is 0 Å². The summed E-state index contributed by atoms with van der Waals surface area (Å²) < 4.78 is 1.76. The van der Waals surface area contributed by atoms with Gasteiger partial charge in [0.15, 0.2) is 0 Å². The topological polar surface area (TPSA) is 54.3 Å². The van der Waals surface area contributed by atoms with Crippen LogP contribution >= 0.6 is 0 Å². The van der Waals surface area contributed by atoms with E-state index < -0.39 is 0 Å². The van der Waals surface area contributed by atoms with Crippen molar-refractivity contribution in [2.24, 2.45) is 18.9 Å². The SMILES string of the molecule is CC(C)c1cc(N2CC3CN(Cc4cccc(=O)n4C)CC3C2)ncn1. The molecule has 0 saturated carbocycles. The van der Waals surface area contributed by atoms with Crippen molar-refractivity contribution in [2.75, 3.05) is 31.1 Å². The van der Waals surface area contributed by atoms with Gasteiger partial charge in [-0.3, -0.25) is 9.69 Å². The van der Waals surface area contributed by atoms with Gasteiger partial charge >= 0.3 is 0 Å². The normalized spacial score (nSPS) is 23.0.